The average molecular weight is 292 g/mol. The molecule has 0 saturated heterocycles. The lowest BCUT2D eigenvalue weighted by molar-refractivity contribution is 0.608. The largest absolute Gasteiger partial charge is 0.313 e. The van der Waals surface area contributed by atoms with Crippen molar-refractivity contribution in [1.82, 2.24) is 15.1 Å². The topological polar surface area (TPSA) is 29.9 Å². The Labute approximate surface area is 126 Å². The van der Waals surface area contributed by atoms with Gasteiger partial charge in [0, 0.05) is 29.9 Å². The van der Waals surface area contributed by atoms with Crippen LogP contribution in [0, 0.1) is 0 Å². The maximum Gasteiger partial charge on any atom is 0.0685 e. The lowest BCUT2D eigenvalue weighted by Gasteiger charge is -2.13. The number of hydrogen-bond acceptors (Lipinski definition) is 2. The van der Waals surface area contributed by atoms with Gasteiger partial charge in [-0.1, -0.05) is 31.5 Å². The highest BCUT2D eigenvalue weighted by Crippen LogP contribution is 2.26. The second kappa shape index (κ2) is 7.46. The summed E-state index contributed by atoms with van der Waals surface area (Å²) in [6, 6.07) is 8.16. The highest BCUT2D eigenvalue weighted by Gasteiger charge is 2.10. The van der Waals surface area contributed by atoms with Crippen LogP contribution in [0.4, 0.5) is 0 Å². The smallest absolute Gasteiger partial charge is 0.0685 e. The summed E-state index contributed by atoms with van der Waals surface area (Å²) in [4.78, 5) is 0. The molecule has 0 atom stereocenters. The number of benzene rings is 1. The van der Waals surface area contributed by atoms with Crippen LogP contribution in [-0.2, 0) is 13.1 Å². The second-order valence-electron chi connectivity index (χ2n) is 4.92. The Morgan fingerprint density at radius 1 is 1.20 bits per heavy atom. The number of halogens is 1. The summed E-state index contributed by atoms with van der Waals surface area (Å²) in [5, 5.41) is 8.63. The van der Waals surface area contributed by atoms with Gasteiger partial charge in [-0.3, -0.25) is 4.68 Å². The summed E-state index contributed by atoms with van der Waals surface area (Å²) in [5.74, 6) is 0. The fourth-order valence-corrected chi connectivity index (χ4v) is 2.50. The van der Waals surface area contributed by atoms with Crippen LogP contribution in [0.1, 0.15) is 32.3 Å². The van der Waals surface area contributed by atoms with E-state index in [0.29, 0.717) is 0 Å². The molecule has 0 spiro atoms. The summed E-state index contributed by atoms with van der Waals surface area (Å²) in [7, 11) is 0. The highest BCUT2D eigenvalue weighted by molar-refractivity contribution is 6.30. The molecule has 1 aromatic heterocycles. The van der Waals surface area contributed by atoms with Crippen molar-refractivity contribution in [3.8, 4) is 11.3 Å². The summed E-state index contributed by atoms with van der Waals surface area (Å²) >= 11 is 6.14. The SMILES string of the molecule is CCCNCc1cc(Cl)ccc1-c1ccnn1CCC. The Morgan fingerprint density at radius 3 is 2.80 bits per heavy atom. The third kappa shape index (κ3) is 3.62. The molecule has 1 aromatic carbocycles. The van der Waals surface area contributed by atoms with Gasteiger partial charge >= 0.3 is 0 Å². The standard InChI is InChI=1S/C16H22ClN3/c1-3-8-18-12-13-11-14(17)5-6-15(13)16-7-9-19-20(16)10-4-2/h5-7,9,11,18H,3-4,8,10,12H2,1-2H3. The number of rotatable bonds is 7. The first-order chi connectivity index (χ1) is 9.76. The maximum absolute atomic E-state index is 6.14. The Hall–Kier alpha value is -1.32. The molecule has 0 bridgehead atoms. The molecule has 4 heteroatoms. The zero-order valence-electron chi connectivity index (χ0n) is 12.2. The number of aryl methyl sites for hydroxylation is 1. The van der Waals surface area contributed by atoms with Crippen molar-refractivity contribution >= 4 is 11.6 Å². The fraction of sp³-hybridized carbons (Fsp3) is 0.438. The van der Waals surface area contributed by atoms with Gasteiger partial charge in [0.25, 0.3) is 0 Å². The molecule has 1 heterocycles. The Balaban J connectivity index is 2.31. The first-order valence-electron chi connectivity index (χ1n) is 7.27. The summed E-state index contributed by atoms with van der Waals surface area (Å²) in [6.07, 6.45) is 4.07. The highest BCUT2D eigenvalue weighted by atomic mass is 35.5. The van der Waals surface area contributed by atoms with Crippen LogP contribution >= 0.6 is 11.6 Å². The molecule has 0 fully saturated rings. The normalized spacial score (nSPS) is 10.9. The van der Waals surface area contributed by atoms with E-state index in [1.54, 1.807) is 0 Å². The predicted molar refractivity (Wildman–Crippen MR) is 85.0 cm³/mol. The Kier molecular flexibility index (Phi) is 5.62. The zero-order valence-corrected chi connectivity index (χ0v) is 13.0. The van der Waals surface area contributed by atoms with Crippen LogP contribution in [0.2, 0.25) is 5.02 Å². The molecule has 0 saturated carbocycles. The van der Waals surface area contributed by atoms with Crippen molar-refractivity contribution in [2.45, 2.75) is 39.8 Å². The lowest BCUT2D eigenvalue weighted by Crippen LogP contribution is -2.15. The van der Waals surface area contributed by atoms with Gasteiger partial charge in [-0.05, 0) is 43.1 Å². The van der Waals surface area contributed by atoms with Crippen molar-refractivity contribution in [2.24, 2.45) is 0 Å². The Morgan fingerprint density at radius 2 is 2.05 bits per heavy atom. The summed E-state index contributed by atoms with van der Waals surface area (Å²) in [6.45, 7) is 7.12. The van der Waals surface area contributed by atoms with Gasteiger partial charge in [-0.15, -0.1) is 0 Å². The van der Waals surface area contributed by atoms with Crippen molar-refractivity contribution < 1.29 is 0 Å². The van der Waals surface area contributed by atoms with E-state index in [4.69, 9.17) is 11.6 Å². The lowest BCUT2D eigenvalue weighted by atomic mass is 10.0. The first kappa shape index (κ1) is 15.1. The third-order valence-electron chi connectivity index (χ3n) is 3.24. The number of aromatic nitrogens is 2. The van der Waals surface area contributed by atoms with Gasteiger partial charge in [-0.25, -0.2) is 0 Å². The second-order valence-corrected chi connectivity index (χ2v) is 5.35. The van der Waals surface area contributed by atoms with E-state index in [-0.39, 0.29) is 0 Å². The predicted octanol–water partition coefficient (Wildman–Crippen LogP) is 4.11. The molecule has 2 aromatic rings. The zero-order chi connectivity index (χ0) is 14.4. The third-order valence-corrected chi connectivity index (χ3v) is 3.47. The monoisotopic (exact) mass is 291 g/mol. The average Bonchev–Trinajstić information content (AvgIpc) is 2.88. The molecule has 0 aliphatic rings. The van der Waals surface area contributed by atoms with Crippen LogP contribution in [0.25, 0.3) is 11.3 Å². The summed E-state index contributed by atoms with van der Waals surface area (Å²) < 4.78 is 2.06. The van der Waals surface area contributed by atoms with Crippen LogP contribution < -0.4 is 5.32 Å². The van der Waals surface area contributed by atoms with E-state index in [2.05, 4.69) is 41.1 Å². The number of nitrogens with zero attached hydrogens (tertiary/aromatic N) is 2. The molecule has 0 aliphatic heterocycles. The Bertz CT molecular complexity index is 548. The van der Waals surface area contributed by atoms with E-state index >= 15 is 0 Å². The van der Waals surface area contributed by atoms with Gasteiger partial charge in [0.1, 0.15) is 0 Å². The van der Waals surface area contributed by atoms with E-state index in [1.165, 1.54) is 11.1 Å². The first-order valence-corrected chi connectivity index (χ1v) is 7.65. The number of hydrogen-bond donors (Lipinski definition) is 1. The van der Waals surface area contributed by atoms with Crippen LogP contribution in [0.3, 0.4) is 0 Å². The number of nitrogens with one attached hydrogen (secondary N) is 1. The minimum Gasteiger partial charge on any atom is -0.313 e. The van der Waals surface area contributed by atoms with Crippen LogP contribution in [-0.4, -0.2) is 16.3 Å². The fourth-order valence-electron chi connectivity index (χ4n) is 2.31. The molecule has 108 valence electrons. The van der Waals surface area contributed by atoms with Crippen molar-refractivity contribution in [1.29, 1.82) is 0 Å². The van der Waals surface area contributed by atoms with Gasteiger partial charge in [-0.2, -0.15) is 5.10 Å². The van der Waals surface area contributed by atoms with E-state index < -0.39 is 0 Å². The molecule has 0 radical (unpaired) electrons. The van der Waals surface area contributed by atoms with Crippen molar-refractivity contribution in [2.75, 3.05) is 6.54 Å². The van der Waals surface area contributed by atoms with Gasteiger partial charge in [0.05, 0.1) is 5.69 Å². The molecular weight excluding hydrogens is 270 g/mol. The minimum atomic E-state index is 0.781. The van der Waals surface area contributed by atoms with Crippen LogP contribution in [0.15, 0.2) is 30.5 Å². The van der Waals surface area contributed by atoms with Crippen LogP contribution in [0.5, 0.6) is 0 Å². The van der Waals surface area contributed by atoms with Gasteiger partial charge in [0.2, 0.25) is 0 Å². The van der Waals surface area contributed by atoms with Gasteiger partial charge in [0.15, 0.2) is 0 Å². The summed E-state index contributed by atoms with van der Waals surface area (Å²) in [5.41, 5.74) is 3.60. The van der Waals surface area contributed by atoms with E-state index in [0.717, 1.165) is 43.2 Å². The molecule has 20 heavy (non-hydrogen) atoms. The van der Waals surface area contributed by atoms with E-state index in [1.807, 2.05) is 18.3 Å². The molecule has 2 rings (SSSR count). The van der Waals surface area contributed by atoms with E-state index in [9.17, 15) is 0 Å². The molecular formula is C16H22ClN3. The molecule has 3 nitrogen and oxygen atoms in total. The maximum atomic E-state index is 6.14. The van der Waals surface area contributed by atoms with Crippen molar-refractivity contribution in [3.05, 3.63) is 41.0 Å². The molecule has 0 aliphatic carbocycles. The minimum absolute atomic E-state index is 0.781. The van der Waals surface area contributed by atoms with Gasteiger partial charge < -0.3 is 5.32 Å². The molecule has 0 amide bonds. The molecule has 1 N–H and O–H groups in total. The quantitative estimate of drug-likeness (QED) is 0.778. The van der Waals surface area contributed by atoms with Crippen molar-refractivity contribution in [3.63, 3.8) is 0 Å². The molecule has 0 unspecified atom stereocenters.